The standard InChI is InChI=1S/C20H21N5OS2/c21-7-1-2-11-3-5-13-15(8-11)27-19-17(13)18(22-10-23-19)24-12-4-6-14-16(9-12)28-20(26)25-14/h4,6,9-11H,1-3,5,7-8,21H2,(H,25,26)(H,22,23,24). The van der Waals surface area contributed by atoms with Crippen LogP contribution in [0, 0.1) is 5.92 Å². The number of benzene rings is 1. The molecule has 144 valence electrons. The maximum Gasteiger partial charge on any atom is 0.305 e. The number of hydrogen-bond donors (Lipinski definition) is 3. The van der Waals surface area contributed by atoms with Crippen LogP contribution in [0.5, 0.6) is 0 Å². The van der Waals surface area contributed by atoms with E-state index < -0.39 is 0 Å². The predicted octanol–water partition coefficient (Wildman–Crippen LogP) is 4.18. The van der Waals surface area contributed by atoms with Crippen molar-refractivity contribution < 1.29 is 0 Å². The minimum atomic E-state index is -0.0346. The highest BCUT2D eigenvalue weighted by atomic mass is 32.1. The largest absolute Gasteiger partial charge is 0.340 e. The number of H-pyrrole nitrogens is 1. The lowest BCUT2D eigenvalue weighted by molar-refractivity contribution is 0.423. The summed E-state index contributed by atoms with van der Waals surface area (Å²) in [5.41, 5.74) is 8.89. The van der Waals surface area contributed by atoms with E-state index in [0.717, 1.165) is 63.7 Å². The summed E-state index contributed by atoms with van der Waals surface area (Å²) in [5.74, 6) is 1.58. The van der Waals surface area contributed by atoms with Crippen LogP contribution in [0.2, 0.25) is 0 Å². The third kappa shape index (κ3) is 3.21. The summed E-state index contributed by atoms with van der Waals surface area (Å²) in [5, 5.41) is 4.61. The zero-order valence-corrected chi connectivity index (χ0v) is 17.0. The molecule has 0 bridgehead atoms. The summed E-state index contributed by atoms with van der Waals surface area (Å²) < 4.78 is 0.940. The first-order valence-electron chi connectivity index (χ1n) is 9.56. The average molecular weight is 412 g/mol. The second-order valence-electron chi connectivity index (χ2n) is 7.30. The van der Waals surface area contributed by atoms with E-state index in [9.17, 15) is 4.79 Å². The molecule has 1 unspecified atom stereocenters. The molecule has 28 heavy (non-hydrogen) atoms. The van der Waals surface area contributed by atoms with Crippen molar-refractivity contribution in [2.75, 3.05) is 11.9 Å². The van der Waals surface area contributed by atoms with Gasteiger partial charge in [0.25, 0.3) is 0 Å². The van der Waals surface area contributed by atoms with Crippen LogP contribution in [-0.2, 0) is 12.8 Å². The SMILES string of the molecule is NCCCC1CCc2c(sc3ncnc(Nc4ccc5[nH]c(=O)sc5c4)c23)C1. The lowest BCUT2D eigenvalue weighted by Crippen LogP contribution is -2.14. The fourth-order valence-corrected chi connectivity index (χ4v) is 6.16. The number of nitrogens with one attached hydrogen (secondary N) is 2. The number of fused-ring (bicyclic) bond motifs is 4. The molecule has 1 aromatic carbocycles. The van der Waals surface area contributed by atoms with Gasteiger partial charge in [-0.3, -0.25) is 4.79 Å². The number of anilines is 2. The number of hydrogen-bond acceptors (Lipinski definition) is 7. The van der Waals surface area contributed by atoms with Crippen molar-refractivity contribution in [1.82, 2.24) is 15.0 Å². The Hall–Kier alpha value is -2.29. The second-order valence-corrected chi connectivity index (χ2v) is 9.39. The van der Waals surface area contributed by atoms with E-state index in [0.29, 0.717) is 0 Å². The summed E-state index contributed by atoms with van der Waals surface area (Å²) in [6.07, 6.45) is 7.35. The molecule has 4 N–H and O–H groups in total. The molecule has 0 spiro atoms. The molecule has 0 fully saturated rings. The van der Waals surface area contributed by atoms with Gasteiger partial charge in [0, 0.05) is 10.6 Å². The van der Waals surface area contributed by atoms with Crippen LogP contribution in [0.4, 0.5) is 11.5 Å². The molecule has 0 saturated heterocycles. The van der Waals surface area contributed by atoms with E-state index in [1.807, 2.05) is 18.2 Å². The number of aryl methyl sites for hydroxylation is 1. The highest BCUT2D eigenvalue weighted by Gasteiger charge is 2.25. The number of aromatic amines is 1. The summed E-state index contributed by atoms with van der Waals surface area (Å²) in [4.78, 5) is 25.9. The Bertz CT molecular complexity index is 1210. The Morgan fingerprint density at radius 3 is 3.11 bits per heavy atom. The Morgan fingerprint density at radius 2 is 2.21 bits per heavy atom. The van der Waals surface area contributed by atoms with Crippen molar-refractivity contribution in [3.05, 3.63) is 44.6 Å². The Labute approximate surface area is 169 Å². The predicted molar refractivity (Wildman–Crippen MR) is 117 cm³/mol. The van der Waals surface area contributed by atoms with Gasteiger partial charge in [-0.2, -0.15) is 0 Å². The molecule has 3 heterocycles. The highest BCUT2D eigenvalue weighted by Crippen LogP contribution is 2.41. The Kier molecular flexibility index (Phi) is 4.62. The number of rotatable bonds is 5. The number of thiophene rings is 1. The van der Waals surface area contributed by atoms with E-state index in [-0.39, 0.29) is 4.87 Å². The Morgan fingerprint density at radius 1 is 1.29 bits per heavy atom. The van der Waals surface area contributed by atoms with Gasteiger partial charge in [-0.05, 0) is 68.3 Å². The maximum atomic E-state index is 11.6. The van der Waals surface area contributed by atoms with Gasteiger partial charge in [-0.1, -0.05) is 11.3 Å². The van der Waals surface area contributed by atoms with E-state index >= 15 is 0 Å². The van der Waals surface area contributed by atoms with Gasteiger partial charge in [0.15, 0.2) is 0 Å². The van der Waals surface area contributed by atoms with Crippen LogP contribution < -0.4 is 15.9 Å². The number of aromatic nitrogens is 3. The van der Waals surface area contributed by atoms with E-state index in [1.54, 1.807) is 17.7 Å². The van der Waals surface area contributed by atoms with Crippen molar-refractivity contribution >= 4 is 54.6 Å². The molecule has 0 aliphatic heterocycles. The molecular weight excluding hydrogens is 390 g/mol. The fraction of sp³-hybridized carbons (Fsp3) is 0.350. The van der Waals surface area contributed by atoms with Crippen LogP contribution in [-0.4, -0.2) is 21.5 Å². The molecule has 4 aromatic rings. The lowest BCUT2D eigenvalue weighted by Gasteiger charge is -2.22. The molecule has 1 aliphatic rings. The van der Waals surface area contributed by atoms with Crippen LogP contribution in [0.1, 0.15) is 29.7 Å². The molecule has 6 nitrogen and oxygen atoms in total. The minimum Gasteiger partial charge on any atom is -0.340 e. The maximum absolute atomic E-state index is 11.6. The van der Waals surface area contributed by atoms with Crippen LogP contribution in [0.15, 0.2) is 29.3 Å². The highest BCUT2D eigenvalue weighted by molar-refractivity contribution is 7.19. The minimum absolute atomic E-state index is 0.0346. The van der Waals surface area contributed by atoms with Gasteiger partial charge in [0.2, 0.25) is 0 Å². The molecule has 0 amide bonds. The molecule has 8 heteroatoms. The van der Waals surface area contributed by atoms with Gasteiger partial charge in [-0.15, -0.1) is 11.3 Å². The van der Waals surface area contributed by atoms with Gasteiger partial charge < -0.3 is 16.0 Å². The van der Waals surface area contributed by atoms with Gasteiger partial charge in [0.1, 0.15) is 17.0 Å². The van der Waals surface area contributed by atoms with E-state index in [1.165, 1.54) is 34.6 Å². The van der Waals surface area contributed by atoms with Crippen LogP contribution in [0.25, 0.3) is 20.4 Å². The normalized spacial score (nSPS) is 16.5. The first-order valence-corrected chi connectivity index (χ1v) is 11.2. The van der Waals surface area contributed by atoms with Gasteiger partial charge >= 0.3 is 4.87 Å². The molecular formula is C20H21N5OS2. The van der Waals surface area contributed by atoms with Crippen molar-refractivity contribution in [2.45, 2.75) is 32.1 Å². The van der Waals surface area contributed by atoms with E-state index in [2.05, 4.69) is 20.3 Å². The summed E-state index contributed by atoms with van der Waals surface area (Å²) in [6.45, 7) is 0.773. The smallest absolute Gasteiger partial charge is 0.305 e. The third-order valence-corrected chi connectivity index (χ3v) is 7.46. The Balaban J connectivity index is 1.49. The molecule has 1 atom stereocenters. The van der Waals surface area contributed by atoms with Crippen LogP contribution >= 0.6 is 22.7 Å². The van der Waals surface area contributed by atoms with Gasteiger partial charge in [-0.25, -0.2) is 9.97 Å². The zero-order chi connectivity index (χ0) is 19.1. The summed E-state index contributed by atoms with van der Waals surface area (Å²) in [7, 11) is 0. The van der Waals surface area contributed by atoms with Crippen molar-refractivity contribution in [1.29, 1.82) is 0 Å². The molecule has 0 saturated carbocycles. The van der Waals surface area contributed by atoms with E-state index in [4.69, 9.17) is 5.73 Å². The molecule has 3 aromatic heterocycles. The summed E-state index contributed by atoms with van der Waals surface area (Å²) in [6, 6.07) is 5.90. The fourth-order valence-electron chi connectivity index (χ4n) is 4.09. The second kappa shape index (κ2) is 7.27. The van der Waals surface area contributed by atoms with Crippen molar-refractivity contribution in [3.63, 3.8) is 0 Å². The number of thiazole rings is 1. The monoisotopic (exact) mass is 411 g/mol. The first kappa shape index (κ1) is 17.8. The first-order chi connectivity index (χ1) is 13.7. The van der Waals surface area contributed by atoms with Crippen LogP contribution in [0.3, 0.4) is 0 Å². The molecule has 5 rings (SSSR count). The quantitative estimate of drug-likeness (QED) is 0.458. The van der Waals surface area contributed by atoms with Crippen molar-refractivity contribution in [3.8, 4) is 0 Å². The summed E-state index contributed by atoms with van der Waals surface area (Å²) >= 11 is 3.02. The average Bonchev–Trinajstić information content (AvgIpc) is 3.25. The number of nitrogens with two attached hydrogens (primary N) is 1. The van der Waals surface area contributed by atoms with Crippen molar-refractivity contribution in [2.24, 2.45) is 11.7 Å². The topological polar surface area (TPSA) is 96.7 Å². The zero-order valence-electron chi connectivity index (χ0n) is 15.3. The molecule has 0 radical (unpaired) electrons. The molecule has 1 aliphatic carbocycles. The van der Waals surface area contributed by atoms with Gasteiger partial charge in [0.05, 0.1) is 15.6 Å². The number of nitrogens with zero attached hydrogens (tertiary/aromatic N) is 2. The lowest BCUT2D eigenvalue weighted by atomic mass is 9.85. The third-order valence-electron chi connectivity index (χ3n) is 5.45.